The normalized spacial score (nSPS) is 10.6. The predicted octanol–water partition coefficient (Wildman–Crippen LogP) is 3.94. The molecule has 0 spiro atoms. The van der Waals surface area contributed by atoms with E-state index in [2.05, 4.69) is 24.5 Å². The van der Waals surface area contributed by atoms with Crippen molar-refractivity contribution in [1.29, 1.82) is 0 Å². The predicted molar refractivity (Wildman–Crippen MR) is 82.0 cm³/mol. The number of hydrogen-bond acceptors (Lipinski definition) is 2. The Hall–Kier alpha value is -1.22. The number of hydrogen-bond donors (Lipinski definition) is 2. The lowest BCUT2D eigenvalue weighted by atomic mass is 10.1. The van der Waals surface area contributed by atoms with E-state index in [9.17, 15) is 4.79 Å². The van der Waals surface area contributed by atoms with Gasteiger partial charge in [-0.3, -0.25) is 4.79 Å². The SMILES string of the molecule is CNc1ccc(Cl)cc1C(=O)NCCCCC(C)C. The average molecular weight is 283 g/mol. The minimum absolute atomic E-state index is 0.0728. The van der Waals surface area contributed by atoms with Crippen LogP contribution in [0.2, 0.25) is 5.02 Å². The molecule has 1 rings (SSSR count). The Kier molecular flexibility index (Phi) is 6.71. The molecular weight excluding hydrogens is 260 g/mol. The molecule has 2 N–H and O–H groups in total. The van der Waals surface area contributed by atoms with Gasteiger partial charge in [0, 0.05) is 24.3 Å². The van der Waals surface area contributed by atoms with E-state index in [1.165, 1.54) is 6.42 Å². The molecule has 0 aliphatic rings. The second-order valence-electron chi connectivity index (χ2n) is 5.09. The average Bonchev–Trinajstić information content (AvgIpc) is 2.37. The van der Waals surface area contributed by atoms with Gasteiger partial charge in [-0.15, -0.1) is 0 Å². The van der Waals surface area contributed by atoms with Gasteiger partial charge in [-0.25, -0.2) is 0 Å². The molecule has 0 fully saturated rings. The standard InChI is InChI=1S/C15H23ClN2O/c1-11(2)6-4-5-9-18-15(19)13-10-12(16)7-8-14(13)17-3/h7-8,10-11,17H,4-6,9H2,1-3H3,(H,18,19). The quantitative estimate of drug-likeness (QED) is 0.744. The molecule has 0 aromatic heterocycles. The molecule has 3 nitrogen and oxygen atoms in total. The molecule has 0 saturated carbocycles. The molecule has 0 radical (unpaired) electrons. The molecule has 1 aromatic rings. The van der Waals surface area contributed by atoms with Gasteiger partial charge in [0.05, 0.1) is 5.56 Å². The lowest BCUT2D eigenvalue weighted by Crippen LogP contribution is -2.25. The van der Waals surface area contributed by atoms with Crippen LogP contribution in [-0.2, 0) is 0 Å². The smallest absolute Gasteiger partial charge is 0.253 e. The summed E-state index contributed by atoms with van der Waals surface area (Å²) in [7, 11) is 1.79. The van der Waals surface area contributed by atoms with Crippen LogP contribution in [0.4, 0.5) is 5.69 Å². The summed E-state index contributed by atoms with van der Waals surface area (Å²) in [4.78, 5) is 12.1. The van der Waals surface area contributed by atoms with Crippen LogP contribution in [0.15, 0.2) is 18.2 Å². The van der Waals surface area contributed by atoms with Gasteiger partial charge in [0.25, 0.3) is 5.91 Å². The fourth-order valence-corrected chi connectivity index (χ4v) is 2.07. The minimum atomic E-state index is -0.0728. The van der Waals surface area contributed by atoms with Crippen molar-refractivity contribution in [2.45, 2.75) is 33.1 Å². The van der Waals surface area contributed by atoms with Crippen LogP contribution >= 0.6 is 11.6 Å². The highest BCUT2D eigenvalue weighted by atomic mass is 35.5. The van der Waals surface area contributed by atoms with Crippen LogP contribution in [0.1, 0.15) is 43.5 Å². The van der Waals surface area contributed by atoms with Crippen LogP contribution < -0.4 is 10.6 Å². The second kappa shape index (κ2) is 8.05. The molecule has 106 valence electrons. The maximum Gasteiger partial charge on any atom is 0.253 e. The highest BCUT2D eigenvalue weighted by molar-refractivity contribution is 6.31. The summed E-state index contributed by atoms with van der Waals surface area (Å²) in [5.74, 6) is 0.649. The van der Waals surface area contributed by atoms with Gasteiger partial charge in [0.2, 0.25) is 0 Å². The Labute approximate surface area is 120 Å². The van der Waals surface area contributed by atoms with E-state index in [4.69, 9.17) is 11.6 Å². The summed E-state index contributed by atoms with van der Waals surface area (Å²) in [6, 6.07) is 5.28. The Bertz CT molecular complexity index is 419. The number of carbonyl (C=O) groups is 1. The van der Waals surface area contributed by atoms with Gasteiger partial charge in [-0.2, -0.15) is 0 Å². The Morgan fingerprint density at radius 1 is 1.32 bits per heavy atom. The molecule has 0 heterocycles. The number of benzene rings is 1. The first-order valence-corrected chi connectivity index (χ1v) is 7.18. The van der Waals surface area contributed by atoms with Gasteiger partial charge in [-0.1, -0.05) is 38.3 Å². The highest BCUT2D eigenvalue weighted by Crippen LogP contribution is 2.20. The monoisotopic (exact) mass is 282 g/mol. The molecule has 0 aliphatic heterocycles. The zero-order chi connectivity index (χ0) is 14.3. The first-order valence-electron chi connectivity index (χ1n) is 6.80. The number of unbranched alkanes of at least 4 members (excludes halogenated alkanes) is 1. The Morgan fingerprint density at radius 3 is 2.68 bits per heavy atom. The van der Waals surface area contributed by atoms with Gasteiger partial charge in [0.15, 0.2) is 0 Å². The van der Waals surface area contributed by atoms with Crippen LogP contribution in [0.25, 0.3) is 0 Å². The van der Waals surface area contributed by atoms with Crippen molar-refractivity contribution in [2.75, 3.05) is 18.9 Å². The van der Waals surface area contributed by atoms with Crippen LogP contribution in [-0.4, -0.2) is 19.5 Å². The number of rotatable bonds is 7. The van der Waals surface area contributed by atoms with Crippen molar-refractivity contribution in [1.82, 2.24) is 5.32 Å². The molecule has 19 heavy (non-hydrogen) atoms. The molecule has 1 aromatic carbocycles. The van der Waals surface area contributed by atoms with Crippen molar-refractivity contribution < 1.29 is 4.79 Å². The van der Waals surface area contributed by atoms with Crippen molar-refractivity contribution in [3.63, 3.8) is 0 Å². The lowest BCUT2D eigenvalue weighted by molar-refractivity contribution is 0.0953. The molecule has 4 heteroatoms. The summed E-state index contributed by atoms with van der Waals surface area (Å²) in [5.41, 5.74) is 1.39. The number of amides is 1. The minimum Gasteiger partial charge on any atom is -0.387 e. The van der Waals surface area contributed by atoms with E-state index in [0.717, 1.165) is 24.4 Å². The lowest BCUT2D eigenvalue weighted by Gasteiger charge is -2.10. The van der Waals surface area contributed by atoms with E-state index >= 15 is 0 Å². The molecule has 1 amide bonds. The Morgan fingerprint density at radius 2 is 2.05 bits per heavy atom. The summed E-state index contributed by atoms with van der Waals surface area (Å²) in [6.07, 6.45) is 3.36. The molecular formula is C15H23ClN2O. The maximum atomic E-state index is 12.1. The molecule has 0 atom stereocenters. The van der Waals surface area contributed by atoms with Crippen molar-refractivity contribution in [3.8, 4) is 0 Å². The van der Waals surface area contributed by atoms with Gasteiger partial charge in [0.1, 0.15) is 0 Å². The topological polar surface area (TPSA) is 41.1 Å². The summed E-state index contributed by atoms with van der Waals surface area (Å²) >= 11 is 5.93. The number of anilines is 1. The third-order valence-corrected chi connectivity index (χ3v) is 3.22. The first-order chi connectivity index (χ1) is 9.04. The van der Waals surface area contributed by atoms with Crippen LogP contribution in [0.5, 0.6) is 0 Å². The largest absolute Gasteiger partial charge is 0.387 e. The van der Waals surface area contributed by atoms with Gasteiger partial charge in [-0.05, 0) is 30.5 Å². The van der Waals surface area contributed by atoms with E-state index in [1.807, 2.05) is 6.07 Å². The van der Waals surface area contributed by atoms with E-state index in [0.29, 0.717) is 17.1 Å². The second-order valence-corrected chi connectivity index (χ2v) is 5.52. The molecule has 0 bridgehead atoms. The van der Waals surface area contributed by atoms with Gasteiger partial charge < -0.3 is 10.6 Å². The molecule has 0 saturated heterocycles. The zero-order valence-corrected chi connectivity index (χ0v) is 12.7. The number of carbonyl (C=O) groups excluding carboxylic acids is 1. The zero-order valence-electron chi connectivity index (χ0n) is 11.9. The molecule has 0 aliphatic carbocycles. The summed E-state index contributed by atoms with van der Waals surface area (Å²) < 4.78 is 0. The van der Waals surface area contributed by atoms with Gasteiger partial charge >= 0.3 is 0 Å². The summed E-state index contributed by atoms with van der Waals surface area (Å²) in [5, 5.41) is 6.51. The first kappa shape index (κ1) is 15.8. The van der Waals surface area contributed by atoms with E-state index in [-0.39, 0.29) is 5.91 Å². The van der Waals surface area contributed by atoms with Crippen molar-refractivity contribution in [3.05, 3.63) is 28.8 Å². The molecule has 0 unspecified atom stereocenters. The Balaban J connectivity index is 2.47. The number of nitrogens with one attached hydrogen (secondary N) is 2. The maximum absolute atomic E-state index is 12.1. The van der Waals surface area contributed by atoms with Crippen LogP contribution in [0.3, 0.4) is 0 Å². The van der Waals surface area contributed by atoms with E-state index < -0.39 is 0 Å². The third kappa shape index (κ3) is 5.52. The summed E-state index contributed by atoms with van der Waals surface area (Å²) in [6.45, 7) is 5.13. The van der Waals surface area contributed by atoms with Crippen LogP contribution in [0, 0.1) is 5.92 Å². The van der Waals surface area contributed by atoms with Crippen molar-refractivity contribution >= 4 is 23.2 Å². The fraction of sp³-hybridized carbons (Fsp3) is 0.533. The van der Waals surface area contributed by atoms with E-state index in [1.54, 1.807) is 19.2 Å². The third-order valence-electron chi connectivity index (χ3n) is 2.99. The van der Waals surface area contributed by atoms with Crippen molar-refractivity contribution in [2.24, 2.45) is 5.92 Å². The fourth-order valence-electron chi connectivity index (χ4n) is 1.90. The highest BCUT2D eigenvalue weighted by Gasteiger charge is 2.10. The number of halogens is 1.